The van der Waals surface area contributed by atoms with Gasteiger partial charge in [-0.15, -0.1) is 0 Å². The average Bonchev–Trinajstić information content (AvgIpc) is 2.73. The highest BCUT2D eigenvalue weighted by molar-refractivity contribution is 6.08. The van der Waals surface area contributed by atoms with E-state index in [-0.39, 0.29) is 5.91 Å². The number of hydrogen-bond donors (Lipinski definition) is 2. The summed E-state index contributed by atoms with van der Waals surface area (Å²) in [5.41, 5.74) is 4.74. The van der Waals surface area contributed by atoms with E-state index in [4.69, 9.17) is 4.98 Å². The number of para-hydroxylation sites is 2. The Hall–Kier alpha value is -3.40. The van der Waals surface area contributed by atoms with E-state index in [0.29, 0.717) is 12.3 Å². The molecule has 1 heterocycles. The van der Waals surface area contributed by atoms with Crippen LogP contribution in [0.15, 0.2) is 72.8 Å². The van der Waals surface area contributed by atoms with Gasteiger partial charge in [-0.1, -0.05) is 50.2 Å². The van der Waals surface area contributed by atoms with Crippen LogP contribution in [0.5, 0.6) is 0 Å². The summed E-state index contributed by atoms with van der Waals surface area (Å²) in [6, 6.07) is 24.1. The molecule has 29 heavy (non-hydrogen) atoms. The summed E-state index contributed by atoms with van der Waals surface area (Å²) in [6.07, 6.45) is 1.44. The van der Waals surface area contributed by atoms with Gasteiger partial charge in [0.25, 0.3) is 0 Å². The second-order valence-electron chi connectivity index (χ2n) is 7.70. The van der Waals surface area contributed by atoms with Crippen molar-refractivity contribution in [1.82, 2.24) is 4.98 Å². The third-order valence-electron chi connectivity index (χ3n) is 4.97. The SMILES string of the molecule is CC(C)CCC(=O)Nc1ccc(Nc2c3ccccc3nc3ccccc23)cc1. The summed E-state index contributed by atoms with van der Waals surface area (Å²) in [5.74, 6) is 0.586. The Balaban J connectivity index is 1.59. The summed E-state index contributed by atoms with van der Waals surface area (Å²) in [4.78, 5) is 16.8. The van der Waals surface area contributed by atoms with E-state index in [1.54, 1.807) is 0 Å². The normalized spacial score (nSPS) is 11.1. The van der Waals surface area contributed by atoms with Crippen molar-refractivity contribution in [3.63, 3.8) is 0 Å². The summed E-state index contributed by atoms with van der Waals surface area (Å²) in [6.45, 7) is 4.25. The van der Waals surface area contributed by atoms with E-state index in [2.05, 4.69) is 36.6 Å². The van der Waals surface area contributed by atoms with Crippen molar-refractivity contribution < 1.29 is 4.79 Å². The van der Waals surface area contributed by atoms with Crippen molar-refractivity contribution in [2.45, 2.75) is 26.7 Å². The maximum atomic E-state index is 12.1. The first-order valence-corrected chi connectivity index (χ1v) is 10.0. The second kappa shape index (κ2) is 8.31. The fourth-order valence-electron chi connectivity index (χ4n) is 3.40. The molecule has 4 rings (SSSR count). The number of nitrogens with one attached hydrogen (secondary N) is 2. The standard InChI is InChI=1S/C25H25N3O/c1-17(2)11-16-24(29)26-18-12-14-19(15-13-18)27-25-20-7-3-5-9-22(20)28-23-10-6-4-8-21(23)25/h3-10,12-15,17H,11,16H2,1-2H3,(H,26,29)(H,27,28). The molecule has 0 radical (unpaired) electrons. The van der Waals surface area contributed by atoms with Gasteiger partial charge in [-0.25, -0.2) is 4.98 Å². The Labute approximate surface area is 171 Å². The number of anilines is 3. The van der Waals surface area contributed by atoms with Crippen molar-refractivity contribution >= 4 is 44.8 Å². The molecule has 0 unspecified atom stereocenters. The van der Waals surface area contributed by atoms with Gasteiger partial charge in [-0.3, -0.25) is 4.79 Å². The van der Waals surface area contributed by atoms with Gasteiger partial charge in [-0.2, -0.15) is 0 Å². The van der Waals surface area contributed by atoms with E-state index in [9.17, 15) is 4.79 Å². The van der Waals surface area contributed by atoms with Gasteiger partial charge in [0.05, 0.1) is 16.7 Å². The molecule has 2 N–H and O–H groups in total. The van der Waals surface area contributed by atoms with Crippen molar-refractivity contribution in [2.75, 3.05) is 10.6 Å². The fourth-order valence-corrected chi connectivity index (χ4v) is 3.40. The number of hydrogen-bond acceptors (Lipinski definition) is 3. The molecule has 0 atom stereocenters. The highest BCUT2D eigenvalue weighted by atomic mass is 16.1. The molecule has 3 aromatic carbocycles. The molecule has 4 nitrogen and oxygen atoms in total. The van der Waals surface area contributed by atoms with Gasteiger partial charge in [0.1, 0.15) is 0 Å². The second-order valence-corrected chi connectivity index (χ2v) is 7.70. The Kier molecular flexibility index (Phi) is 5.43. The monoisotopic (exact) mass is 383 g/mol. The van der Waals surface area contributed by atoms with E-state index in [1.807, 2.05) is 60.7 Å². The molecule has 0 spiro atoms. The van der Waals surface area contributed by atoms with Crippen LogP contribution < -0.4 is 10.6 Å². The van der Waals surface area contributed by atoms with E-state index < -0.39 is 0 Å². The average molecular weight is 383 g/mol. The predicted molar refractivity (Wildman–Crippen MR) is 122 cm³/mol. The van der Waals surface area contributed by atoms with Gasteiger partial charge < -0.3 is 10.6 Å². The molecule has 0 fully saturated rings. The van der Waals surface area contributed by atoms with Crippen LogP contribution in [0.2, 0.25) is 0 Å². The Morgan fingerprint density at radius 1 is 0.828 bits per heavy atom. The van der Waals surface area contributed by atoms with Gasteiger partial charge in [0.2, 0.25) is 5.91 Å². The smallest absolute Gasteiger partial charge is 0.224 e. The molecule has 1 amide bonds. The Bertz CT molecular complexity index is 1100. The number of carbonyl (C=O) groups excluding carboxylic acids is 1. The van der Waals surface area contributed by atoms with Crippen LogP contribution in [0.25, 0.3) is 21.8 Å². The molecule has 0 aliphatic rings. The minimum atomic E-state index is 0.0607. The molecule has 0 bridgehead atoms. The molecule has 4 heteroatoms. The zero-order valence-corrected chi connectivity index (χ0v) is 16.8. The molecule has 1 aromatic heterocycles. The predicted octanol–water partition coefficient (Wildman–Crippen LogP) is 6.51. The maximum Gasteiger partial charge on any atom is 0.224 e. The molecule has 4 aromatic rings. The van der Waals surface area contributed by atoms with Gasteiger partial charge in [0, 0.05) is 28.6 Å². The number of pyridine rings is 1. The van der Waals surface area contributed by atoms with E-state index in [0.717, 1.165) is 45.3 Å². The number of aromatic nitrogens is 1. The lowest BCUT2D eigenvalue weighted by molar-refractivity contribution is -0.116. The van der Waals surface area contributed by atoms with E-state index in [1.165, 1.54) is 0 Å². The van der Waals surface area contributed by atoms with E-state index >= 15 is 0 Å². The topological polar surface area (TPSA) is 54.0 Å². The number of amides is 1. The number of carbonyl (C=O) groups is 1. The number of rotatable bonds is 6. The molecular weight excluding hydrogens is 358 g/mol. The number of nitrogens with zero attached hydrogens (tertiary/aromatic N) is 1. The van der Waals surface area contributed by atoms with Crippen LogP contribution >= 0.6 is 0 Å². The molecule has 0 saturated heterocycles. The lowest BCUT2D eigenvalue weighted by Gasteiger charge is -2.14. The first kappa shape index (κ1) is 18.9. The molecule has 146 valence electrons. The maximum absolute atomic E-state index is 12.1. The van der Waals surface area contributed by atoms with Crippen molar-refractivity contribution in [1.29, 1.82) is 0 Å². The Morgan fingerprint density at radius 3 is 1.97 bits per heavy atom. The van der Waals surface area contributed by atoms with Crippen LogP contribution in [-0.4, -0.2) is 10.9 Å². The minimum Gasteiger partial charge on any atom is -0.354 e. The van der Waals surface area contributed by atoms with Gasteiger partial charge in [0.15, 0.2) is 0 Å². The fraction of sp³-hybridized carbons (Fsp3) is 0.200. The summed E-state index contributed by atoms with van der Waals surface area (Å²) >= 11 is 0. The van der Waals surface area contributed by atoms with Crippen LogP contribution in [0.4, 0.5) is 17.1 Å². The Morgan fingerprint density at radius 2 is 1.38 bits per heavy atom. The lowest BCUT2D eigenvalue weighted by Crippen LogP contribution is -2.12. The third kappa shape index (κ3) is 4.37. The summed E-state index contributed by atoms with van der Waals surface area (Å²) in [7, 11) is 0. The number of benzene rings is 3. The van der Waals surface area contributed by atoms with Crippen molar-refractivity contribution in [2.24, 2.45) is 5.92 Å². The molecular formula is C25H25N3O. The minimum absolute atomic E-state index is 0.0607. The zero-order valence-electron chi connectivity index (χ0n) is 16.8. The molecule has 0 aliphatic heterocycles. The van der Waals surface area contributed by atoms with Gasteiger partial charge >= 0.3 is 0 Å². The van der Waals surface area contributed by atoms with Crippen LogP contribution in [0.1, 0.15) is 26.7 Å². The summed E-state index contributed by atoms with van der Waals surface area (Å²) in [5, 5.41) is 8.69. The third-order valence-corrected chi connectivity index (χ3v) is 4.97. The van der Waals surface area contributed by atoms with Crippen LogP contribution in [-0.2, 0) is 4.79 Å². The highest BCUT2D eigenvalue weighted by Gasteiger charge is 2.09. The molecule has 0 saturated carbocycles. The first-order chi connectivity index (χ1) is 14.1. The number of fused-ring (bicyclic) bond motifs is 2. The van der Waals surface area contributed by atoms with Crippen molar-refractivity contribution in [3.8, 4) is 0 Å². The zero-order chi connectivity index (χ0) is 20.2. The largest absolute Gasteiger partial charge is 0.354 e. The quantitative estimate of drug-likeness (QED) is 0.373. The van der Waals surface area contributed by atoms with Crippen LogP contribution in [0.3, 0.4) is 0 Å². The summed E-state index contributed by atoms with van der Waals surface area (Å²) < 4.78 is 0. The van der Waals surface area contributed by atoms with Crippen molar-refractivity contribution in [3.05, 3.63) is 72.8 Å². The highest BCUT2D eigenvalue weighted by Crippen LogP contribution is 2.33. The van der Waals surface area contributed by atoms with Gasteiger partial charge in [-0.05, 0) is 48.7 Å². The molecule has 0 aliphatic carbocycles. The van der Waals surface area contributed by atoms with Crippen LogP contribution in [0, 0.1) is 5.92 Å². The lowest BCUT2D eigenvalue weighted by atomic mass is 10.1. The first-order valence-electron chi connectivity index (χ1n) is 10.0.